The number of hydrogen-bond acceptors (Lipinski definition) is 5. The first kappa shape index (κ1) is 17.2. The van der Waals surface area contributed by atoms with E-state index in [1.807, 2.05) is 33.0 Å². The van der Waals surface area contributed by atoms with Crippen LogP contribution in [0.4, 0.5) is 0 Å². The molecule has 1 amide bonds. The molecule has 6 nitrogen and oxygen atoms in total. The summed E-state index contributed by atoms with van der Waals surface area (Å²) in [6.07, 6.45) is 0.800. The monoisotopic (exact) mass is 369 g/mol. The van der Waals surface area contributed by atoms with Crippen molar-refractivity contribution in [3.63, 3.8) is 0 Å². The average molecular weight is 369 g/mol. The Morgan fingerprint density at radius 2 is 2.00 bits per heavy atom. The first-order valence-corrected chi connectivity index (χ1v) is 10.0. The van der Waals surface area contributed by atoms with Gasteiger partial charge in [-0.2, -0.15) is 5.10 Å². The minimum Gasteiger partial charge on any atom is -0.335 e. The van der Waals surface area contributed by atoms with Crippen LogP contribution in [0.15, 0.2) is 29.6 Å². The van der Waals surface area contributed by atoms with Crippen molar-refractivity contribution in [1.82, 2.24) is 24.4 Å². The number of thiophene rings is 1. The van der Waals surface area contributed by atoms with Crippen molar-refractivity contribution in [2.75, 3.05) is 32.7 Å². The molecule has 1 aliphatic heterocycles. The second kappa shape index (κ2) is 7.17. The molecule has 7 heteroatoms. The molecule has 1 aliphatic rings. The molecule has 0 spiro atoms. The minimum absolute atomic E-state index is 0.0248. The number of likely N-dealkylation sites (N-methyl/N-ethyl adjacent to an activating group) is 1. The highest BCUT2D eigenvalue weighted by atomic mass is 32.1. The molecular weight excluding hydrogens is 346 g/mol. The number of carbonyl (C=O) groups is 1. The molecule has 0 radical (unpaired) electrons. The third kappa shape index (κ3) is 3.12. The van der Waals surface area contributed by atoms with Gasteiger partial charge in [0.1, 0.15) is 11.4 Å². The summed E-state index contributed by atoms with van der Waals surface area (Å²) in [7, 11) is 0. The zero-order valence-electron chi connectivity index (χ0n) is 15.2. The number of nitrogens with zero attached hydrogens (tertiary/aromatic N) is 5. The molecule has 136 valence electrons. The van der Waals surface area contributed by atoms with Crippen molar-refractivity contribution in [1.29, 1.82) is 0 Å². The third-order valence-corrected chi connectivity index (χ3v) is 5.86. The van der Waals surface area contributed by atoms with Crippen LogP contribution in [0.3, 0.4) is 0 Å². The number of aromatic nitrogens is 3. The highest BCUT2D eigenvalue weighted by Gasteiger charge is 2.23. The molecule has 0 saturated carbocycles. The minimum atomic E-state index is 0.0248. The van der Waals surface area contributed by atoms with E-state index in [2.05, 4.69) is 29.8 Å². The third-order valence-electron chi connectivity index (χ3n) is 4.96. The van der Waals surface area contributed by atoms with Crippen LogP contribution in [0.1, 0.15) is 30.0 Å². The predicted molar refractivity (Wildman–Crippen MR) is 104 cm³/mol. The van der Waals surface area contributed by atoms with Crippen LogP contribution in [-0.4, -0.2) is 63.0 Å². The molecular formula is C19H23N5OS. The molecule has 4 rings (SSSR count). The van der Waals surface area contributed by atoms with E-state index >= 15 is 0 Å². The highest BCUT2D eigenvalue weighted by molar-refractivity contribution is 7.13. The van der Waals surface area contributed by atoms with Gasteiger partial charge in [-0.15, -0.1) is 11.3 Å². The predicted octanol–water partition coefficient (Wildman–Crippen LogP) is 2.80. The number of hydrogen-bond donors (Lipinski definition) is 0. The Hall–Kier alpha value is -2.25. The summed E-state index contributed by atoms with van der Waals surface area (Å²) in [6.45, 7) is 8.66. The number of carbonyl (C=O) groups excluding carboxylic acids is 1. The molecule has 26 heavy (non-hydrogen) atoms. The van der Waals surface area contributed by atoms with Crippen LogP contribution in [-0.2, 0) is 6.42 Å². The van der Waals surface area contributed by atoms with Crippen molar-refractivity contribution in [2.45, 2.75) is 20.3 Å². The van der Waals surface area contributed by atoms with Gasteiger partial charge in [0.15, 0.2) is 5.65 Å². The van der Waals surface area contributed by atoms with E-state index in [1.165, 1.54) is 0 Å². The van der Waals surface area contributed by atoms with E-state index in [9.17, 15) is 4.79 Å². The first-order valence-electron chi connectivity index (χ1n) is 9.14. The van der Waals surface area contributed by atoms with E-state index in [1.54, 1.807) is 11.3 Å². The number of piperazine rings is 1. The zero-order chi connectivity index (χ0) is 18.1. The molecule has 0 bridgehead atoms. The Labute approximate surface area is 157 Å². The molecule has 0 aliphatic carbocycles. The van der Waals surface area contributed by atoms with Gasteiger partial charge in [-0.3, -0.25) is 4.79 Å². The molecule has 0 aromatic carbocycles. The maximum absolute atomic E-state index is 13.0. The van der Waals surface area contributed by atoms with E-state index in [4.69, 9.17) is 5.10 Å². The quantitative estimate of drug-likeness (QED) is 0.710. The smallest absolute Gasteiger partial charge is 0.272 e. The number of aryl methyl sites for hydroxylation is 1. The van der Waals surface area contributed by atoms with Gasteiger partial charge < -0.3 is 9.80 Å². The summed E-state index contributed by atoms with van der Waals surface area (Å²) in [5.74, 6) is 0.0248. The largest absolute Gasteiger partial charge is 0.335 e. The lowest BCUT2D eigenvalue weighted by Gasteiger charge is -2.33. The standard InChI is InChI=1S/C19H23N5OS/c1-3-14-12-16(19(25)23-9-7-22(4-2)8-10-23)20-18-13-15(21-24(14)18)17-6-5-11-26-17/h5-6,11-13H,3-4,7-10H2,1-2H3. The molecule has 4 heterocycles. The SMILES string of the molecule is CCc1cc(C(=O)N2CCN(CC)CC2)nc2cc(-c3cccs3)nn12. The maximum atomic E-state index is 13.0. The fraction of sp³-hybridized carbons (Fsp3) is 0.421. The van der Waals surface area contributed by atoms with Crippen LogP contribution in [0, 0.1) is 0 Å². The molecule has 0 N–H and O–H groups in total. The lowest BCUT2D eigenvalue weighted by Crippen LogP contribution is -2.48. The van der Waals surface area contributed by atoms with E-state index in [-0.39, 0.29) is 5.91 Å². The van der Waals surface area contributed by atoms with Gasteiger partial charge in [-0.25, -0.2) is 9.50 Å². The van der Waals surface area contributed by atoms with Crippen molar-refractivity contribution < 1.29 is 4.79 Å². The van der Waals surface area contributed by atoms with Gasteiger partial charge in [0.2, 0.25) is 0 Å². The number of fused-ring (bicyclic) bond motifs is 1. The van der Waals surface area contributed by atoms with Gasteiger partial charge in [0, 0.05) is 37.9 Å². The molecule has 3 aromatic heterocycles. The van der Waals surface area contributed by atoms with Crippen LogP contribution in [0.25, 0.3) is 16.2 Å². The van der Waals surface area contributed by atoms with Crippen LogP contribution < -0.4 is 0 Å². The Morgan fingerprint density at radius 1 is 1.19 bits per heavy atom. The van der Waals surface area contributed by atoms with Gasteiger partial charge >= 0.3 is 0 Å². The molecule has 1 fully saturated rings. The Balaban J connectivity index is 1.66. The summed E-state index contributed by atoms with van der Waals surface area (Å²) in [5.41, 5.74) is 3.18. The number of amides is 1. The maximum Gasteiger partial charge on any atom is 0.272 e. The van der Waals surface area contributed by atoms with Crippen molar-refractivity contribution in [3.05, 3.63) is 41.0 Å². The number of rotatable bonds is 4. The van der Waals surface area contributed by atoms with Crippen molar-refractivity contribution in [3.8, 4) is 10.6 Å². The fourth-order valence-corrected chi connectivity index (χ4v) is 4.05. The second-order valence-electron chi connectivity index (χ2n) is 6.49. The lowest BCUT2D eigenvalue weighted by molar-refractivity contribution is 0.0637. The van der Waals surface area contributed by atoms with E-state index in [0.717, 1.165) is 61.1 Å². The highest BCUT2D eigenvalue weighted by Crippen LogP contribution is 2.25. The lowest BCUT2D eigenvalue weighted by atomic mass is 10.2. The van der Waals surface area contributed by atoms with E-state index in [0.29, 0.717) is 5.69 Å². The molecule has 0 unspecified atom stereocenters. The molecule has 3 aromatic rings. The van der Waals surface area contributed by atoms with Gasteiger partial charge in [-0.1, -0.05) is 19.9 Å². The summed E-state index contributed by atoms with van der Waals surface area (Å²) in [5, 5.41) is 6.73. The summed E-state index contributed by atoms with van der Waals surface area (Å²) < 4.78 is 1.86. The molecule has 0 atom stereocenters. The van der Waals surface area contributed by atoms with Crippen LogP contribution in [0.5, 0.6) is 0 Å². The van der Waals surface area contributed by atoms with Crippen LogP contribution in [0.2, 0.25) is 0 Å². The summed E-state index contributed by atoms with van der Waals surface area (Å²) >= 11 is 1.66. The Bertz CT molecular complexity index is 910. The van der Waals surface area contributed by atoms with Crippen LogP contribution >= 0.6 is 11.3 Å². The Kier molecular flexibility index (Phi) is 4.74. The fourth-order valence-electron chi connectivity index (χ4n) is 3.37. The topological polar surface area (TPSA) is 53.7 Å². The van der Waals surface area contributed by atoms with Crippen molar-refractivity contribution >= 4 is 22.9 Å². The van der Waals surface area contributed by atoms with Gasteiger partial charge in [-0.05, 0) is 30.5 Å². The second-order valence-corrected chi connectivity index (χ2v) is 7.44. The zero-order valence-corrected chi connectivity index (χ0v) is 16.0. The average Bonchev–Trinajstić information content (AvgIpc) is 3.35. The summed E-state index contributed by atoms with van der Waals surface area (Å²) in [4.78, 5) is 23.0. The van der Waals surface area contributed by atoms with Gasteiger partial charge in [0.05, 0.1) is 4.88 Å². The summed E-state index contributed by atoms with van der Waals surface area (Å²) in [6, 6.07) is 7.93. The molecule has 1 saturated heterocycles. The first-order chi connectivity index (χ1) is 12.7. The normalized spacial score (nSPS) is 15.7. The Morgan fingerprint density at radius 3 is 2.65 bits per heavy atom. The van der Waals surface area contributed by atoms with Gasteiger partial charge in [0.25, 0.3) is 5.91 Å². The van der Waals surface area contributed by atoms with Crippen molar-refractivity contribution in [2.24, 2.45) is 0 Å². The van der Waals surface area contributed by atoms with E-state index < -0.39 is 0 Å².